The Kier molecular flexibility index (Phi) is 5.80. The van der Waals surface area contributed by atoms with Crippen molar-refractivity contribution >= 4 is 0 Å². The van der Waals surface area contributed by atoms with E-state index in [4.69, 9.17) is 10.5 Å². The van der Waals surface area contributed by atoms with Gasteiger partial charge in [0.05, 0.1) is 7.11 Å². The molecule has 0 heterocycles. The highest BCUT2D eigenvalue weighted by Gasteiger charge is 2.10. The molecule has 0 aliphatic rings. The van der Waals surface area contributed by atoms with Gasteiger partial charge in [0, 0.05) is 17.7 Å². The van der Waals surface area contributed by atoms with Crippen LogP contribution < -0.4 is 15.8 Å². The fraction of sp³-hybridized carbons (Fsp3) is 0.538. The second kappa shape index (κ2) is 7.14. The summed E-state index contributed by atoms with van der Waals surface area (Å²) in [7, 11) is 1.59. The van der Waals surface area contributed by atoms with Gasteiger partial charge in [0.15, 0.2) is 0 Å². The Morgan fingerprint density at radius 2 is 2.18 bits per heavy atom. The summed E-state index contributed by atoms with van der Waals surface area (Å²) in [6.07, 6.45) is 2.08. The molecule has 1 atom stereocenters. The molecular weight excluding hydrogens is 216 g/mol. The fourth-order valence-electron chi connectivity index (χ4n) is 1.71. The molecule has 0 bridgehead atoms. The Morgan fingerprint density at radius 1 is 1.41 bits per heavy atom. The number of hydrogen-bond acceptors (Lipinski definition) is 4. The maximum absolute atomic E-state index is 9.86. The number of benzene rings is 1. The van der Waals surface area contributed by atoms with Crippen molar-refractivity contribution in [1.29, 1.82) is 0 Å². The van der Waals surface area contributed by atoms with Crippen LogP contribution in [0.3, 0.4) is 0 Å². The van der Waals surface area contributed by atoms with Crippen LogP contribution in [0.2, 0.25) is 0 Å². The van der Waals surface area contributed by atoms with Gasteiger partial charge in [-0.25, -0.2) is 0 Å². The predicted octanol–water partition coefficient (Wildman–Crippen LogP) is 1.79. The number of phenolic OH excluding ortho intramolecular Hbond substituents is 1. The zero-order chi connectivity index (χ0) is 12.7. The Labute approximate surface area is 103 Å². The van der Waals surface area contributed by atoms with E-state index in [1.165, 1.54) is 0 Å². The van der Waals surface area contributed by atoms with E-state index in [1.54, 1.807) is 13.2 Å². The third-order valence-electron chi connectivity index (χ3n) is 2.79. The summed E-state index contributed by atoms with van der Waals surface area (Å²) in [4.78, 5) is 0. The van der Waals surface area contributed by atoms with E-state index >= 15 is 0 Å². The summed E-state index contributed by atoms with van der Waals surface area (Å²) in [5.41, 5.74) is 6.32. The number of aromatic hydroxyl groups is 1. The fourth-order valence-corrected chi connectivity index (χ4v) is 1.71. The van der Waals surface area contributed by atoms with Crippen molar-refractivity contribution in [2.75, 3.05) is 20.2 Å². The monoisotopic (exact) mass is 238 g/mol. The minimum atomic E-state index is 0.124. The van der Waals surface area contributed by atoms with E-state index in [9.17, 15) is 5.11 Å². The van der Waals surface area contributed by atoms with Gasteiger partial charge >= 0.3 is 0 Å². The summed E-state index contributed by atoms with van der Waals surface area (Å²) in [6.45, 7) is 3.66. The molecule has 0 aliphatic carbocycles. The lowest BCUT2D eigenvalue weighted by molar-refractivity contribution is 0.404. The zero-order valence-electron chi connectivity index (χ0n) is 10.6. The van der Waals surface area contributed by atoms with E-state index < -0.39 is 0 Å². The highest BCUT2D eigenvalue weighted by atomic mass is 16.5. The van der Waals surface area contributed by atoms with Crippen molar-refractivity contribution in [1.82, 2.24) is 5.32 Å². The molecule has 1 rings (SSSR count). The van der Waals surface area contributed by atoms with Crippen LogP contribution in [0, 0.1) is 0 Å². The first kappa shape index (κ1) is 13.8. The molecule has 0 amide bonds. The Bertz CT molecular complexity index is 342. The van der Waals surface area contributed by atoms with Gasteiger partial charge in [-0.15, -0.1) is 0 Å². The van der Waals surface area contributed by atoms with Gasteiger partial charge in [-0.3, -0.25) is 0 Å². The quantitative estimate of drug-likeness (QED) is 0.634. The van der Waals surface area contributed by atoms with Gasteiger partial charge in [-0.05, 0) is 38.9 Å². The number of rotatable bonds is 7. The largest absolute Gasteiger partial charge is 0.507 e. The Hall–Kier alpha value is -1.26. The molecule has 0 saturated carbocycles. The number of methoxy groups -OCH3 is 1. The maximum Gasteiger partial charge on any atom is 0.124 e. The van der Waals surface area contributed by atoms with E-state index in [1.807, 2.05) is 19.1 Å². The highest BCUT2D eigenvalue weighted by molar-refractivity contribution is 5.41. The molecular formula is C13H22N2O2. The number of nitrogens with two attached hydrogens (primary N) is 1. The maximum atomic E-state index is 9.86. The minimum Gasteiger partial charge on any atom is -0.507 e. The van der Waals surface area contributed by atoms with Crippen molar-refractivity contribution in [2.45, 2.75) is 25.8 Å². The Balaban J connectivity index is 2.53. The smallest absolute Gasteiger partial charge is 0.124 e. The normalized spacial score (nSPS) is 12.4. The van der Waals surface area contributed by atoms with E-state index in [2.05, 4.69) is 5.32 Å². The van der Waals surface area contributed by atoms with Crippen LogP contribution in [-0.2, 0) is 0 Å². The molecule has 1 aromatic carbocycles. The van der Waals surface area contributed by atoms with Crippen LogP contribution in [0.4, 0.5) is 0 Å². The first-order valence-electron chi connectivity index (χ1n) is 5.99. The summed E-state index contributed by atoms with van der Waals surface area (Å²) in [5, 5.41) is 13.2. The number of hydrogen-bond donors (Lipinski definition) is 3. The van der Waals surface area contributed by atoms with Crippen LogP contribution in [0.5, 0.6) is 11.5 Å². The molecule has 0 radical (unpaired) electrons. The molecule has 1 unspecified atom stereocenters. The molecule has 4 heteroatoms. The van der Waals surface area contributed by atoms with Crippen LogP contribution in [-0.4, -0.2) is 25.3 Å². The number of nitrogens with one attached hydrogen (secondary N) is 1. The van der Waals surface area contributed by atoms with Gasteiger partial charge in [0.25, 0.3) is 0 Å². The second-order valence-corrected chi connectivity index (χ2v) is 4.10. The van der Waals surface area contributed by atoms with Gasteiger partial charge in [-0.1, -0.05) is 6.07 Å². The molecule has 0 fully saturated rings. The summed E-state index contributed by atoms with van der Waals surface area (Å²) < 4.78 is 5.05. The average molecular weight is 238 g/mol. The van der Waals surface area contributed by atoms with E-state index in [-0.39, 0.29) is 11.8 Å². The molecule has 96 valence electrons. The van der Waals surface area contributed by atoms with Crippen LogP contribution in [0.15, 0.2) is 18.2 Å². The average Bonchev–Trinajstić information content (AvgIpc) is 2.34. The minimum absolute atomic E-state index is 0.124. The standard InChI is InChI=1S/C13H22N2O2/c1-10(15-8-4-3-7-14)12-6-5-11(17-2)9-13(12)16/h5-6,9-10,15-16H,3-4,7-8,14H2,1-2H3. The van der Waals surface area contributed by atoms with E-state index in [0.29, 0.717) is 5.75 Å². The predicted molar refractivity (Wildman–Crippen MR) is 69.4 cm³/mol. The summed E-state index contributed by atoms with van der Waals surface area (Å²) in [6, 6.07) is 5.49. The van der Waals surface area contributed by atoms with Crippen molar-refractivity contribution < 1.29 is 9.84 Å². The third-order valence-corrected chi connectivity index (χ3v) is 2.79. The first-order valence-corrected chi connectivity index (χ1v) is 5.99. The molecule has 0 spiro atoms. The summed E-state index contributed by atoms with van der Waals surface area (Å²) >= 11 is 0. The zero-order valence-corrected chi connectivity index (χ0v) is 10.6. The van der Waals surface area contributed by atoms with Gasteiger partial charge in [0.2, 0.25) is 0 Å². The lowest BCUT2D eigenvalue weighted by Crippen LogP contribution is -2.20. The van der Waals surface area contributed by atoms with E-state index in [0.717, 1.165) is 31.5 Å². The van der Waals surface area contributed by atoms with Crippen molar-refractivity contribution in [2.24, 2.45) is 5.73 Å². The van der Waals surface area contributed by atoms with Gasteiger partial charge in [0.1, 0.15) is 11.5 Å². The molecule has 0 aliphatic heterocycles. The molecule has 0 saturated heterocycles. The van der Waals surface area contributed by atoms with Gasteiger partial charge in [-0.2, -0.15) is 0 Å². The SMILES string of the molecule is COc1ccc(C(C)NCCCCN)c(O)c1. The summed E-state index contributed by atoms with van der Waals surface area (Å²) in [5.74, 6) is 0.935. The molecule has 0 aromatic heterocycles. The molecule has 17 heavy (non-hydrogen) atoms. The Morgan fingerprint density at radius 3 is 2.76 bits per heavy atom. The molecule has 4 nitrogen and oxygen atoms in total. The van der Waals surface area contributed by atoms with Crippen molar-refractivity contribution in [3.63, 3.8) is 0 Å². The van der Waals surface area contributed by atoms with Crippen molar-refractivity contribution in [3.8, 4) is 11.5 Å². The first-order chi connectivity index (χ1) is 8.19. The molecule has 1 aromatic rings. The third kappa shape index (κ3) is 4.24. The topological polar surface area (TPSA) is 67.5 Å². The molecule has 4 N–H and O–H groups in total. The van der Waals surface area contributed by atoms with Gasteiger partial charge < -0.3 is 20.9 Å². The number of ether oxygens (including phenoxy) is 1. The van der Waals surface area contributed by atoms with Crippen LogP contribution >= 0.6 is 0 Å². The lowest BCUT2D eigenvalue weighted by Gasteiger charge is -2.16. The van der Waals surface area contributed by atoms with Crippen molar-refractivity contribution in [3.05, 3.63) is 23.8 Å². The lowest BCUT2D eigenvalue weighted by atomic mass is 10.1. The number of unbranched alkanes of at least 4 members (excludes halogenated alkanes) is 1. The van der Waals surface area contributed by atoms with Crippen LogP contribution in [0.1, 0.15) is 31.4 Å². The number of phenols is 1. The second-order valence-electron chi connectivity index (χ2n) is 4.10. The van der Waals surface area contributed by atoms with Crippen LogP contribution in [0.25, 0.3) is 0 Å². The highest BCUT2D eigenvalue weighted by Crippen LogP contribution is 2.28.